The lowest BCUT2D eigenvalue weighted by molar-refractivity contribution is -0.189. The van der Waals surface area contributed by atoms with Crippen LogP contribution in [0.5, 0.6) is 0 Å². The van der Waals surface area contributed by atoms with E-state index in [9.17, 15) is 13.2 Å². The predicted molar refractivity (Wildman–Crippen MR) is 71.0 cm³/mol. The number of nitrogens with one attached hydrogen (secondary N) is 1. The average Bonchev–Trinajstić information content (AvgIpc) is 2.32. The molecule has 2 fully saturated rings. The highest BCUT2D eigenvalue weighted by Gasteiger charge is 2.45. The summed E-state index contributed by atoms with van der Waals surface area (Å²) in [4.78, 5) is 0. The van der Waals surface area contributed by atoms with Crippen LogP contribution in [0.3, 0.4) is 0 Å². The maximum Gasteiger partial charge on any atom is 0.393 e. The third-order valence-electron chi connectivity index (χ3n) is 4.74. The van der Waals surface area contributed by atoms with E-state index < -0.39 is 12.1 Å². The molecule has 2 aliphatic rings. The Kier molecular flexibility index (Phi) is 5.55. The van der Waals surface area contributed by atoms with Gasteiger partial charge in [0.1, 0.15) is 0 Å². The van der Waals surface area contributed by atoms with Crippen LogP contribution in [0.1, 0.15) is 70.6 Å². The van der Waals surface area contributed by atoms with Crippen molar-refractivity contribution in [1.82, 2.24) is 5.32 Å². The van der Waals surface area contributed by atoms with Gasteiger partial charge < -0.3 is 5.32 Å². The first-order valence-corrected chi connectivity index (χ1v) is 7.90. The van der Waals surface area contributed by atoms with Gasteiger partial charge in [-0.1, -0.05) is 44.9 Å². The predicted octanol–water partition coefficient (Wildman–Crippen LogP) is 4.81. The highest BCUT2D eigenvalue weighted by molar-refractivity contribution is 4.88. The molecule has 2 aliphatic carbocycles. The Balaban J connectivity index is 1.90. The molecule has 0 aromatic carbocycles. The van der Waals surface area contributed by atoms with E-state index in [1.165, 1.54) is 32.1 Å². The van der Waals surface area contributed by atoms with Gasteiger partial charge in [0.2, 0.25) is 0 Å². The molecule has 0 saturated heterocycles. The van der Waals surface area contributed by atoms with E-state index in [4.69, 9.17) is 0 Å². The molecule has 0 amide bonds. The minimum Gasteiger partial charge on any atom is -0.311 e. The van der Waals surface area contributed by atoms with Crippen molar-refractivity contribution in [3.63, 3.8) is 0 Å². The van der Waals surface area contributed by atoms with Crippen molar-refractivity contribution in [2.75, 3.05) is 0 Å². The molecule has 19 heavy (non-hydrogen) atoms. The van der Waals surface area contributed by atoms with Crippen LogP contribution in [0.2, 0.25) is 0 Å². The lowest BCUT2D eigenvalue weighted by atomic mass is 9.83. The van der Waals surface area contributed by atoms with Gasteiger partial charge in [0.05, 0.1) is 5.92 Å². The van der Waals surface area contributed by atoms with Gasteiger partial charge in [-0.05, 0) is 25.7 Å². The molecule has 0 aromatic heterocycles. The largest absolute Gasteiger partial charge is 0.393 e. The zero-order chi connectivity index (χ0) is 13.7. The molecule has 2 saturated carbocycles. The first kappa shape index (κ1) is 15.1. The second-order valence-corrected chi connectivity index (χ2v) is 6.25. The molecule has 1 nitrogen and oxygen atoms in total. The van der Waals surface area contributed by atoms with E-state index >= 15 is 0 Å². The molecule has 112 valence electrons. The molecule has 4 heteroatoms. The van der Waals surface area contributed by atoms with Crippen LogP contribution >= 0.6 is 0 Å². The topological polar surface area (TPSA) is 12.0 Å². The highest BCUT2D eigenvalue weighted by Crippen LogP contribution is 2.38. The molecule has 1 N–H and O–H groups in total. The quantitative estimate of drug-likeness (QED) is 0.763. The van der Waals surface area contributed by atoms with Crippen molar-refractivity contribution in [1.29, 1.82) is 0 Å². The summed E-state index contributed by atoms with van der Waals surface area (Å²) < 4.78 is 39.2. The fourth-order valence-electron chi connectivity index (χ4n) is 3.65. The highest BCUT2D eigenvalue weighted by atomic mass is 19.4. The van der Waals surface area contributed by atoms with E-state index in [0.717, 1.165) is 25.7 Å². The van der Waals surface area contributed by atoms with Crippen molar-refractivity contribution in [2.45, 2.75) is 88.9 Å². The molecular weight excluding hydrogens is 251 g/mol. The number of hydrogen-bond acceptors (Lipinski definition) is 1. The summed E-state index contributed by atoms with van der Waals surface area (Å²) in [6.07, 6.45) is 6.88. The van der Waals surface area contributed by atoms with E-state index in [1.54, 1.807) is 0 Å². The Morgan fingerprint density at radius 2 is 1.21 bits per heavy atom. The number of halogens is 3. The van der Waals surface area contributed by atoms with Gasteiger partial charge in [-0.15, -0.1) is 0 Å². The maximum absolute atomic E-state index is 13.1. The number of alkyl halides is 3. The summed E-state index contributed by atoms with van der Waals surface area (Å²) in [5.74, 6) is -1.12. The third kappa shape index (κ3) is 4.66. The molecule has 0 aromatic rings. The van der Waals surface area contributed by atoms with Crippen LogP contribution in [0.15, 0.2) is 0 Å². The second-order valence-electron chi connectivity index (χ2n) is 6.25. The van der Waals surface area contributed by atoms with Crippen LogP contribution in [-0.4, -0.2) is 18.3 Å². The van der Waals surface area contributed by atoms with Crippen LogP contribution in [0, 0.1) is 5.92 Å². The van der Waals surface area contributed by atoms with Gasteiger partial charge >= 0.3 is 6.18 Å². The summed E-state index contributed by atoms with van der Waals surface area (Å²) in [5.41, 5.74) is 0. The van der Waals surface area contributed by atoms with E-state index in [2.05, 4.69) is 5.32 Å². The molecule has 0 aliphatic heterocycles. The van der Waals surface area contributed by atoms with Gasteiger partial charge in [-0.25, -0.2) is 0 Å². The van der Waals surface area contributed by atoms with Crippen molar-refractivity contribution in [3.8, 4) is 0 Å². The van der Waals surface area contributed by atoms with Gasteiger partial charge in [-0.2, -0.15) is 13.2 Å². The fourth-order valence-corrected chi connectivity index (χ4v) is 3.65. The van der Waals surface area contributed by atoms with Crippen LogP contribution < -0.4 is 5.32 Å². The smallest absolute Gasteiger partial charge is 0.311 e. The number of rotatable bonds is 2. The Labute approximate surface area is 114 Å². The first-order valence-electron chi connectivity index (χ1n) is 7.90. The molecule has 0 radical (unpaired) electrons. The SMILES string of the molecule is FC(F)(F)C1CCCCC1NC1CCCCCCC1. The van der Waals surface area contributed by atoms with Gasteiger partial charge in [0.25, 0.3) is 0 Å². The lowest BCUT2D eigenvalue weighted by Crippen LogP contribution is -2.49. The fraction of sp³-hybridized carbons (Fsp3) is 1.00. The standard InChI is InChI=1S/C15H26F3N/c16-15(17,18)13-10-6-7-11-14(13)19-12-8-4-2-1-3-5-9-12/h12-14,19H,1-11H2. The Morgan fingerprint density at radius 3 is 1.84 bits per heavy atom. The molecule has 2 unspecified atom stereocenters. The Bertz CT molecular complexity index is 257. The normalized spacial score (nSPS) is 31.7. The van der Waals surface area contributed by atoms with Crippen molar-refractivity contribution in [3.05, 3.63) is 0 Å². The number of hydrogen-bond donors (Lipinski definition) is 1. The monoisotopic (exact) mass is 277 g/mol. The van der Waals surface area contributed by atoms with Crippen LogP contribution in [0.25, 0.3) is 0 Å². The minimum absolute atomic E-state index is 0.313. The molecule has 2 atom stereocenters. The van der Waals surface area contributed by atoms with Gasteiger partial charge in [0.15, 0.2) is 0 Å². The summed E-state index contributed by atoms with van der Waals surface area (Å²) in [5, 5.41) is 3.36. The summed E-state index contributed by atoms with van der Waals surface area (Å²) in [6.45, 7) is 0. The average molecular weight is 277 g/mol. The molecular formula is C15H26F3N. The molecule has 2 rings (SSSR count). The summed E-state index contributed by atoms with van der Waals surface area (Å²) in [7, 11) is 0. The first-order chi connectivity index (χ1) is 9.07. The second kappa shape index (κ2) is 6.96. The Morgan fingerprint density at radius 1 is 0.684 bits per heavy atom. The van der Waals surface area contributed by atoms with E-state index in [1.807, 2.05) is 0 Å². The van der Waals surface area contributed by atoms with Crippen molar-refractivity contribution in [2.24, 2.45) is 5.92 Å². The minimum atomic E-state index is -4.03. The lowest BCUT2D eigenvalue weighted by Gasteiger charge is -2.36. The molecule has 0 heterocycles. The molecule has 0 spiro atoms. The third-order valence-corrected chi connectivity index (χ3v) is 4.74. The maximum atomic E-state index is 13.1. The van der Waals surface area contributed by atoms with Crippen LogP contribution in [0.4, 0.5) is 13.2 Å². The zero-order valence-corrected chi connectivity index (χ0v) is 11.6. The molecule has 0 bridgehead atoms. The Hall–Kier alpha value is -0.250. The van der Waals surface area contributed by atoms with Gasteiger partial charge in [0, 0.05) is 12.1 Å². The van der Waals surface area contributed by atoms with E-state index in [-0.39, 0.29) is 6.04 Å². The summed E-state index contributed by atoms with van der Waals surface area (Å²) in [6, 6.07) is -0.0218. The van der Waals surface area contributed by atoms with Crippen molar-refractivity contribution < 1.29 is 13.2 Å². The van der Waals surface area contributed by atoms with Crippen molar-refractivity contribution >= 4 is 0 Å². The van der Waals surface area contributed by atoms with Gasteiger partial charge in [-0.3, -0.25) is 0 Å². The summed E-state index contributed by atoms with van der Waals surface area (Å²) >= 11 is 0. The zero-order valence-electron chi connectivity index (χ0n) is 11.6. The van der Waals surface area contributed by atoms with Crippen LogP contribution in [-0.2, 0) is 0 Å². The van der Waals surface area contributed by atoms with E-state index in [0.29, 0.717) is 18.9 Å².